The molecule has 19 heavy (non-hydrogen) atoms. The van der Waals surface area contributed by atoms with Gasteiger partial charge in [0.05, 0.1) is 17.9 Å². The SMILES string of the molecule is Nc1ccsc1CNc1ccccc1-n1cccn1. The zero-order valence-corrected chi connectivity index (χ0v) is 11.1. The topological polar surface area (TPSA) is 55.9 Å². The van der Waals surface area contributed by atoms with Crippen LogP contribution in [0.3, 0.4) is 0 Å². The summed E-state index contributed by atoms with van der Waals surface area (Å²) in [7, 11) is 0. The largest absolute Gasteiger partial charge is 0.398 e. The Hall–Kier alpha value is -2.27. The lowest BCUT2D eigenvalue weighted by molar-refractivity contribution is 0.879. The summed E-state index contributed by atoms with van der Waals surface area (Å²) in [6.07, 6.45) is 3.70. The number of aromatic nitrogens is 2. The lowest BCUT2D eigenvalue weighted by Crippen LogP contribution is -2.04. The number of rotatable bonds is 4. The number of nitrogen functional groups attached to an aromatic ring is 1. The van der Waals surface area contributed by atoms with Crippen molar-refractivity contribution in [2.75, 3.05) is 11.1 Å². The number of nitrogens with two attached hydrogens (primary N) is 1. The number of hydrogen-bond acceptors (Lipinski definition) is 4. The summed E-state index contributed by atoms with van der Waals surface area (Å²) in [5.41, 5.74) is 8.80. The normalized spacial score (nSPS) is 10.5. The molecule has 4 nitrogen and oxygen atoms in total. The molecule has 0 saturated carbocycles. The van der Waals surface area contributed by atoms with Gasteiger partial charge in [-0.1, -0.05) is 12.1 Å². The molecule has 0 radical (unpaired) electrons. The summed E-state index contributed by atoms with van der Waals surface area (Å²) in [5, 5.41) is 9.68. The van der Waals surface area contributed by atoms with E-state index in [0.717, 1.165) is 28.5 Å². The van der Waals surface area contributed by atoms with Crippen LogP contribution in [0.25, 0.3) is 5.69 Å². The van der Waals surface area contributed by atoms with Gasteiger partial charge in [0.1, 0.15) is 0 Å². The highest BCUT2D eigenvalue weighted by molar-refractivity contribution is 7.10. The van der Waals surface area contributed by atoms with Crippen molar-refractivity contribution in [3.8, 4) is 5.69 Å². The Labute approximate surface area is 115 Å². The minimum absolute atomic E-state index is 0.724. The van der Waals surface area contributed by atoms with E-state index in [1.807, 2.05) is 52.7 Å². The summed E-state index contributed by atoms with van der Waals surface area (Å²) >= 11 is 1.66. The van der Waals surface area contributed by atoms with Crippen molar-refractivity contribution in [1.29, 1.82) is 0 Å². The van der Waals surface area contributed by atoms with Crippen molar-refractivity contribution in [2.24, 2.45) is 0 Å². The fourth-order valence-corrected chi connectivity index (χ4v) is 2.64. The van der Waals surface area contributed by atoms with Crippen LogP contribution >= 0.6 is 11.3 Å². The summed E-state index contributed by atoms with van der Waals surface area (Å²) in [4.78, 5) is 1.15. The molecule has 0 atom stereocenters. The Balaban J connectivity index is 1.84. The Bertz CT molecular complexity index is 658. The van der Waals surface area contributed by atoms with Crippen LogP contribution in [0, 0.1) is 0 Å². The fourth-order valence-electron chi connectivity index (χ4n) is 1.90. The van der Waals surface area contributed by atoms with Gasteiger partial charge in [0, 0.05) is 23.0 Å². The predicted molar refractivity (Wildman–Crippen MR) is 79.6 cm³/mol. The first kappa shape index (κ1) is 11.8. The molecular formula is C14H14N4S. The second kappa shape index (κ2) is 5.16. The van der Waals surface area contributed by atoms with Gasteiger partial charge < -0.3 is 11.1 Å². The van der Waals surface area contributed by atoms with Crippen LogP contribution in [-0.4, -0.2) is 9.78 Å². The van der Waals surface area contributed by atoms with Gasteiger partial charge in [-0.05, 0) is 29.6 Å². The summed E-state index contributed by atoms with van der Waals surface area (Å²) < 4.78 is 1.85. The molecule has 1 aromatic carbocycles. The van der Waals surface area contributed by atoms with Crippen LogP contribution in [0.15, 0.2) is 54.2 Å². The Morgan fingerprint density at radius 2 is 2.11 bits per heavy atom. The van der Waals surface area contributed by atoms with E-state index >= 15 is 0 Å². The van der Waals surface area contributed by atoms with E-state index in [2.05, 4.69) is 10.4 Å². The van der Waals surface area contributed by atoms with E-state index in [-0.39, 0.29) is 0 Å². The van der Waals surface area contributed by atoms with Crippen LogP contribution in [0.5, 0.6) is 0 Å². The fraction of sp³-hybridized carbons (Fsp3) is 0.0714. The summed E-state index contributed by atoms with van der Waals surface area (Å²) in [6, 6.07) is 11.9. The third kappa shape index (κ3) is 2.46. The first-order valence-corrected chi connectivity index (χ1v) is 6.87. The van der Waals surface area contributed by atoms with Crippen LogP contribution in [-0.2, 0) is 6.54 Å². The number of hydrogen-bond donors (Lipinski definition) is 2. The highest BCUT2D eigenvalue weighted by Crippen LogP contribution is 2.23. The lowest BCUT2D eigenvalue weighted by Gasteiger charge is -2.11. The maximum Gasteiger partial charge on any atom is 0.0876 e. The Morgan fingerprint density at radius 1 is 1.21 bits per heavy atom. The third-order valence-corrected chi connectivity index (χ3v) is 3.81. The minimum Gasteiger partial charge on any atom is -0.398 e. The average molecular weight is 270 g/mol. The number of nitrogens with one attached hydrogen (secondary N) is 1. The molecule has 3 aromatic rings. The highest BCUT2D eigenvalue weighted by Gasteiger charge is 2.05. The van der Waals surface area contributed by atoms with Crippen molar-refractivity contribution in [3.05, 3.63) is 59.0 Å². The van der Waals surface area contributed by atoms with Gasteiger partial charge in [-0.2, -0.15) is 5.10 Å². The van der Waals surface area contributed by atoms with E-state index in [9.17, 15) is 0 Å². The van der Waals surface area contributed by atoms with Gasteiger partial charge >= 0.3 is 0 Å². The second-order valence-electron chi connectivity index (χ2n) is 4.12. The van der Waals surface area contributed by atoms with Crippen LogP contribution < -0.4 is 11.1 Å². The predicted octanol–water partition coefficient (Wildman–Crippen LogP) is 3.13. The van der Waals surface area contributed by atoms with E-state index in [1.54, 1.807) is 17.5 Å². The molecule has 0 fully saturated rings. The molecule has 0 amide bonds. The molecule has 0 aliphatic carbocycles. The second-order valence-corrected chi connectivity index (χ2v) is 5.12. The van der Waals surface area contributed by atoms with Crippen molar-refractivity contribution in [2.45, 2.75) is 6.54 Å². The van der Waals surface area contributed by atoms with Gasteiger partial charge in [0.15, 0.2) is 0 Å². The average Bonchev–Trinajstić information content (AvgIpc) is 3.08. The van der Waals surface area contributed by atoms with Crippen LogP contribution in [0.1, 0.15) is 4.88 Å². The van der Waals surface area contributed by atoms with Gasteiger partial charge in [-0.15, -0.1) is 11.3 Å². The maximum absolute atomic E-state index is 5.89. The first-order chi connectivity index (χ1) is 9.34. The van der Waals surface area contributed by atoms with E-state index in [4.69, 9.17) is 5.73 Å². The van der Waals surface area contributed by atoms with Gasteiger partial charge in [0.25, 0.3) is 0 Å². The summed E-state index contributed by atoms with van der Waals surface area (Å²) in [6.45, 7) is 0.724. The monoisotopic (exact) mass is 270 g/mol. The third-order valence-electron chi connectivity index (χ3n) is 2.87. The standard InChI is InChI=1S/C14H14N4S/c15-11-6-9-19-14(11)10-16-12-4-1-2-5-13(12)18-8-3-7-17-18/h1-9,16H,10,15H2. The molecule has 0 unspecified atom stereocenters. The van der Waals surface area contributed by atoms with Crippen molar-refractivity contribution >= 4 is 22.7 Å². The van der Waals surface area contributed by atoms with Crippen LogP contribution in [0.2, 0.25) is 0 Å². The number of para-hydroxylation sites is 2. The number of nitrogens with zero attached hydrogens (tertiary/aromatic N) is 2. The molecule has 2 aromatic heterocycles. The molecular weight excluding hydrogens is 256 g/mol. The lowest BCUT2D eigenvalue weighted by atomic mass is 10.2. The molecule has 0 aliphatic heterocycles. The van der Waals surface area contributed by atoms with Gasteiger partial charge in [0.2, 0.25) is 0 Å². The molecule has 3 N–H and O–H groups in total. The molecule has 0 bridgehead atoms. The minimum atomic E-state index is 0.724. The molecule has 5 heteroatoms. The van der Waals surface area contributed by atoms with E-state index < -0.39 is 0 Å². The van der Waals surface area contributed by atoms with Crippen LogP contribution in [0.4, 0.5) is 11.4 Å². The highest BCUT2D eigenvalue weighted by atomic mass is 32.1. The zero-order chi connectivity index (χ0) is 13.1. The number of benzene rings is 1. The molecule has 2 heterocycles. The zero-order valence-electron chi connectivity index (χ0n) is 10.3. The quantitative estimate of drug-likeness (QED) is 0.766. The molecule has 0 aliphatic rings. The van der Waals surface area contributed by atoms with Crippen molar-refractivity contribution in [3.63, 3.8) is 0 Å². The summed E-state index contributed by atoms with van der Waals surface area (Å²) in [5.74, 6) is 0. The van der Waals surface area contributed by atoms with E-state index in [0.29, 0.717) is 0 Å². The van der Waals surface area contributed by atoms with Gasteiger partial charge in [-0.25, -0.2) is 4.68 Å². The molecule has 0 spiro atoms. The molecule has 0 saturated heterocycles. The molecule has 3 rings (SSSR count). The Kier molecular flexibility index (Phi) is 3.20. The van der Waals surface area contributed by atoms with E-state index in [1.165, 1.54) is 0 Å². The smallest absolute Gasteiger partial charge is 0.0876 e. The molecule has 96 valence electrons. The first-order valence-electron chi connectivity index (χ1n) is 5.99. The van der Waals surface area contributed by atoms with Gasteiger partial charge in [-0.3, -0.25) is 0 Å². The van der Waals surface area contributed by atoms with Crippen molar-refractivity contribution < 1.29 is 0 Å². The number of thiophene rings is 1. The van der Waals surface area contributed by atoms with Crippen molar-refractivity contribution in [1.82, 2.24) is 9.78 Å². The maximum atomic E-state index is 5.89. The Morgan fingerprint density at radius 3 is 2.84 bits per heavy atom. The number of anilines is 2.